The zero-order valence-corrected chi connectivity index (χ0v) is 6.17. The first-order valence-corrected chi connectivity index (χ1v) is 3.32. The summed E-state index contributed by atoms with van der Waals surface area (Å²) in [4.78, 5) is 0. The summed E-state index contributed by atoms with van der Waals surface area (Å²) in [7, 11) is 1.65. The van der Waals surface area contributed by atoms with Gasteiger partial charge in [-0.1, -0.05) is 19.1 Å². The van der Waals surface area contributed by atoms with E-state index in [2.05, 4.69) is 19.1 Å². The first-order valence-electron chi connectivity index (χ1n) is 3.32. The van der Waals surface area contributed by atoms with E-state index in [0.29, 0.717) is 0 Å². The Morgan fingerprint density at radius 2 is 2.11 bits per heavy atom. The number of allylic oxidation sites excluding steroid dienone is 1. The van der Waals surface area contributed by atoms with Crippen molar-refractivity contribution in [2.75, 3.05) is 13.6 Å². The Kier molecular flexibility index (Phi) is 5.57. The molecule has 9 heavy (non-hydrogen) atoms. The SMILES string of the molecule is CCC=CCCN(C)O. The smallest absolute Gasteiger partial charge is 0.0269 e. The Labute approximate surface area is 56.7 Å². The molecule has 0 aliphatic heterocycles. The van der Waals surface area contributed by atoms with E-state index >= 15 is 0 Å². The van der Waals surface area contributed by atoms with Gasteiger partial charge in [-0.05, 0) is 12.8 Å². The molecule has 2 nitrogen and oxygen atoms in total. The van der Waals surface area contributed by atoms with E-state index in [4.69, 9.17) is 5.21 Å². The predicted octanol–water partition coefficient (Wildman–Crippen LogP) is 1.66. The van der Waals surface area contributed by atoms with Crippen LogP contribution in [0.5, 0.6) is 0 Å². The van der Waals surface area contributed by atoms with Crippen LogP contribution in [-0.4, -0.2) is 23.9 Å². The number of hydroxylamine groups is 2. The summed E-state index contributed by atoms with van der Waals surface area (Å²) in [5, 5.41) is 9.85. The van der Waals surface area contributed by atoms with Crippen LogP contribution in [0, 0.1) is 0 Å². The van der Waals surface area contributed by atoms with Crippen LogP contribution in [0.25, 0.3) is 0 Å². The van der Waals surface area contributed by atoms with E-state index in [1.807, 2.05) is 0 Å². The van der Waals surface area contributed by atoms with Crippen molar-refractivity contribution in [3.05, 3.63) is 12.2 Å². The van der Waals surface area contributed by atoms with Crippen LogP contribution in [0.2, 0.25) is 0 Å². The summed E-state index contributed by atoms with van der Waals surface area (Å²) in [6.07, 6.45) is 6.19. The third kappa shape index (κ3) is 7.66. The highest BCUT2D eigenvalue weighted by molar-refractivity contribution is 4.80. The number of rotatable bonds is 4. The fourth-order valence-electron chi connectivity index (χ4n) is 0.546. The maximum Gasteiger partial charge on any atom is 0.0269 e. The van der Waals surface area contributed by atoms with Crippen molar-refractivity contribution in [2.24, 2.45) is 0 Å². The zero-order chi connectivity index (χ0) is 7.11. The van der Waals surface area contributed by atoms with Crippen LogP contribution >= 0.6 is 0 Å². The van der Waals surface area contributed by atoms with E-state index in [9.17, 15) is 0 Å². The molecule has 0 spiro atoms. The molecule has 2 heteroatoms. The Bertz CT molecular complexity index is 79.0. The van der Waals surface area contributed by atoms with Crippen molar-refractivity contribution < 1.29 is 5.21 Å². The van der Waals surface area contributed by atoms with Gasteiger partial charge in [-0.25, -0.2) is 0 Å². The Hall–Kier alpha value is -0.340. The topological polar surface area (TPSA) is 23.5 Å². The third-order valence-corrected chi connectivity index (χ3v) is 1.02. The first-order chi connectivity index (χ1) is 4.27. The largest absolute Gasteiger partial charge is 0.314 e. The standard InChI is InChI=1S/C7H15NO/c1-3-4-5-6-7-8(2)9/h4-5,9H,3,6-7H2,1-2H3. The second kappa shape index (κ2) is 5.79. The lowest BCUT2D eigenvalue weighted by molar-refractivity contribution is -0.0629. The Balaban J connectivity index is 2.99. The number of hydrogen-bond acceptors (Lipinski definition) is 2. The summed E-state index contributed by atoms with van der Waals surface area (Å²) in [5.41, 5.74) is 0. The molecule has 1 N–H and O–H groups in total. The fraction of sp³-hybridized carbons (Fsp3) is 0.714. The minimum Gasteiger partial charge on any atom is -0.314 e. The molecular formula is C7H15NO. The van der Waals surface area contributed by atoms with Crippen LogP contribution in [0.1, 0.15) is 19.8 Å². The van der Waals surface area contributed by atoms with Crippen LogP contribution in [0.3, 0.4) is 0 Å². The van der Waals surface area contributed by atoms with Gasteiger partial charge in [-0.3, -0.25) is 0 Å². The molecule has 0 heterocycles. The maximum atomic E-state index is 8.65. The van der Waals surface area contributed by atoms with Gasteiger partial charge in [-0.15, -0.1) is 0 Å². The van der Waals surface area contributed by atoms with Gasteiger partial charge in [0.05, 0.1) is 0 Å². The van der Waals surface area contributed by atoms with Crippen molar-refractivity contribution in [3.8, 4) is 0 Å². The second-order valence-electron chi connectivity index (χ2n) is 2.05. The summed E-state index contributed by atoms with van der Waals surface area (Å²) < 4.78 is 0. The average Bonchev–Trinajstić information content (AvgIpc) is 1.80. The molecule has 0 unspecified atom stereocenters. The molecule has 0 aromatic heterocycles. The summed E-state index contributed by atoms with van der Waals surface area (Å²) in [6.45, 7) is 2.82. The highest BCUT2D eigenvalue weighted by Crippen LogP contribution is 1.86. The number of hydrogen-bond donors (Lipinski definition) is 1. The number of nitrogens with zero attached hydrogens (tertiary/aromatic N) is 1. The predicted molar refractivity (Wildman–Crippen MR) is 38.5 cm³/mol. The summed E-state index contributed by atoms with van der Waals surface area (Å²) >= 11 is 0. The molecule has 0 atom stereocenters. The molecule has 0 amide bonds. The molecule has 0 aromatic carbocycles. The van der Waals surface area contributed by atoms with Crippen LogP contribution in [-0.2, 0) is 0 Å². The minimum absolute atomic E-state index is 0.719. The summed E-state index contributed by atoms with van der Waals surface area (Å²) in [6, 6.07) is 0. The monoisotopic (exact) mass is 129 g/mol. The van der Waals surface area contributed by atoms with Crippen LogP contribution < -0.4 is 0 Å². The van der Waals surface area contributed by atoms with Gasteiger partial charge >= 0.3 is 0 Å². The molecule has 54 valence electrons. The summed E-state index contributed by atoms with van der Waals surface area (Å²) in [5.74, 6) is 0. The van der Waals surface area contributed by atoms with Gasteiger partial charge in [0, 0.05) is 13.6 Å². The molecule has 0 aliphatic rings. The van der Waals surface area contributed by atoms with E-state index in [0.717, 1.165) is 19.4 Å². The molecule has 0 saturated carbocycles. The van der Waals surface area contributed by atoms with Crippen molar-refractivity contribution in [1.29, 1.82) is 0 Å². The quantitative estimate of drug-likeness (QED) is 0.461. The molecule has 0 saturated heterocycles. The molecule has 0 rings (SSSR count). The van der Waals surface area contributed by atoms with E-state index < -0.39 is 0 Å². The van der Waals surface area contributed by atoms with Gasteiger partial charge in [0.25, 0.3) is 0 Å². The van der Waals surface area contributed by atoms with Gasteiger partial charge in [0.2, 0.25) is 0 Å². The lowest BCUT2D eigenvalue weighted by Crippen LogP contribution is -2.12. The van der Waals surface area contributed by atoms with Gasteiger partial charge < -0.3 is 5.21 Å². The van der Waals surface area contributed by atoms with Crippen molar-refractivity contribution >= 4 is 0 Å². The minimum atomic E-state index is 0.719. The van der Waals surface area contributed by atoms with E-state index in [-0.39, 0.29) is 0 Å². The molecular weight excluding hydrogens is 114 g/mol. The van der Waals surface area contributed by atoms with Gasteiger partial charge in [-0.2, -0.15) is 5.06 Å². The molecule has 0 bridgehead atoms. The lowest BCUT2D eigenvalue weighted by Gasteiger charge is -2.03. The Morgan fingerprint density at radius 1 is 1.44 bits per heavy atom. The molecule has 0 radical (unpaired) electrons. The third-order valence-electron chi connectivity index (χ3n) is 1.02. The van der Waals surface area contributed by atoms with Crippen LogP contribution in [0.4, 0.5) is 0 Å². The van der Waals surface area contributed by atoms with E-state index in [1.54, 1.807) is 7.05 Å². The molecule has 0 aliphatic carbocycles. The normalized spacial score (nSPS) is 11.6. The second-order valence-corrected chi connectivity index (χ2v) is 2.05. The molecule has 0 aromatic rings. The molecule has 0 fully saturated rings. The van der Waals surface area contributed by atoms with Crippen molar-refractivity contribution in [1.82, 2.24) is 5.06 Å². The van der Waals surface area contributed by atoms with Gasteiger partial charge in [0.15, 0.2) is 0 Å². The lowest BCUT2D eigenvalue weighted by atomic mass is 10.3. The van der Waals surface area contributed by atoms with Crippen LogP contribution in [0.15, 0.2) is 12.2 Å². The van der Waals surface area contributed by atoms with E-state index in [1.165, 1.54) is 5.06 Å². The average molecular weight is 129 g/mol. The maximum absolute atomic E-state index is 8.65. The highest BCUT2D eigenvalue weighted by atomic mass is 16.5. The first kappa shape index (κ1) is 8.66. The van der Waals surface area contributed by atoms with Gasteiger partial charge in [0.1, 0.15) is 0 Å². The fourth-order valence-corrected chi connectivity index (χ4v) is 0.546. The van der Waals surface area contributed by atoms with Crippen molar-refractivity contribution in [2.45, 2.75) is 19.8 Å². The zero-order valence-electron chi connectivity index (χ0n) is 6.17. The Morgan fingerprint density at radius 3 is 2.56 bits per heavy atom. The highest BCUT2D eigenvalue weighted by Gasteiger charge is 1.84. The van der Waals surface area contributed by atoms with Crippen molar-refractivity contribution in [3.63, 3.8) is 0 Å².